The summed E-state index contributed by atoms with van der Waals surface area (Å²) in [7, 11) is 0. The number of nitrogens with one attached hydrogen (secondary N) is 1. The first-order chi connectivity index (χ1) is 10.7. The average Bonchev–Trinajstić information content (AvgIpc) is 2.43. The van der Waals surface area contributed by atoms with Gasteiger partial charge < -0.3 is 15.2 Å². The number of carbonyl (C=O) groups excluding carboxylic acids is 1. The molecule has 0 aromatic heterocycles. The van der Waals surface area contributed by atoms with Crippen molar-refractivity contribution < 1.29 is 19.0 Å². The van der Waals surface area contributed by atoms with Crippen molar-refractivity contribution in [3.63, 3.8) is 0 Å². The van der Waals surface area contributed by atoms with Crippen molar-refractivity contribution in [1.29, 1.82) is 0 Å². The number of benzene rings is 1. The van der Waals surface area contributed by atoms with E-state index in [4.69, 9.17) is 4.74 Å². The molecule has 1 amide bonds. The minimum atomic E-state index is -0.603. The predicted octanol–water partition coefficient (Wildman–Crippen LogP) is 3.02. The van der Waals surface area contributed by atoms with Crippen molar-refractivity contribution in [1.82, 2.24) is 10.2 Å². The minimum absolute atomic E-state index is 0.114. The van der Waals surface area contributed by atoms with Crippen LogP contribution in [0.15, 0.2) is 18.2 Å². The number of piperidine rings is 1. The monoisotopic (exact) mass is 324 g/mol. The van der Waals surface area contributed by atoms with Gasteiger partial charge in [0.15, 0.2) is 11.6 Å². The van der Waals surface area contributed by atoms with Crippen LogP contribution < -0.4 is 5.32 Å². The lowest BCUT2D eigenvalue weighted by Crippen LogP contribution is -2.45. The highest BCUT2D eigenvalue weighted by Gasteiger charge is 2.23. The molecular formula is C17H25FN2O3. The van der Waals surface area contributed by atoms with E-state index in [-0.39, 0.29) is 17.9 Å². The van der Waals surface area contributed by atoms with Crippen molar-refractivity contribution in [3.05, 3.63) is 29.6 Å². The van der Waals surface area contributed by atoms with E-state index < -0.39 is 11.4 Å². The van der Waals surface area contributed by atoms with Gasteiger partial charge in [-0.2, -0.15) is 0 Å². The molecule has 0 atom stereocenters. The molecule has 1 heterocycles. The summed E-state index contributed by atoms with van der Waals surface area (Å²) >= 11 is 0. The van der Waals surface area contributed by atoms with Crippen LogP contribution in [0.2, 0.25) is 0 Å². The van der Waals surface area contributed by atoms with Crippen LogP contribution in [-0.4, -0.2) is 40.8 Å². The Bertz CT molecular complexity index is 549. The van der Waals surface area contributed by atoms with Crippen molar-refractivity contribution in [3.8, 4) is 5.75 Å². The van der Waals surface area contributed by atoms with Crippen molar-refractivity contribution in [2.24, 2.45) is 0 Å². The molecular weight excluding hydrogens is 299 g/mol. The number of hydrogen-bond donors (Lipinski definition) is 2. The van der Waals surface area contributed by atoms with Crippen LogP contribution in [0.1, 0.15) is 39.2 Å². The molecule has 0 unspecified atom stereocenters. The lowest BCUT2D eigenvalue weighted by molar-refractivity contribution is 0.0477. The summed E-state index contributed by atoms with van der Waals surface area (Å²) in [6.45, 7) is 7.85. The second-order valence-electron chi connectivity index (χ2n) is 6.98. The number of aromatic hydroxyl groups is 1. The van der Waals surface area contributed by atoms with Crippen LogP contribution in [0.5, 0.6) is 5.75 Å². The molecule has 2 N–H and O–H groups in total. The van der Waals surface area contributed by atoms with Gasteiger partial charge in [0.2, 0.25) is 0 Å². The molecule has 1 aliphatic heterocycles. The molecule has 2 rings (SSSR count). The number of likely N-dealkylation sites (tertiary alicyclic amines) is 1. The third-order valence-electron chi connectivity index (χ3n) is 3.73. The summed E-state index contributed by atoms with van der Waals surface area (Å²) in [5, 5.41) is 12.3. The maximum Gasteiger partial charge on any atom is 0.407 e. The van der Waals surface area contributed by atoms with Gasteiger partial charge in [-0.1, -0.05) is 6.07 Å². The SMILES string of the molecule is CC(C)(C)OC(=O)NC1CCN(Cc2ccc(F)c(O)c2)CC1. The van der Waals surface area contributed by atoms with Crippen molar-refractivity contribution >= 4 is 6.09 Å². The van der Waals surface area contributed by atoms with Gasteiger partial charge in [-0.15, -0.1) is 0 Å². The highest BCUT2D eigenvalue weighted by molar-refractivity contribution is 5.68. The molecule has 0 aliphatic carbocycles. The summed E-state index contributed by atoms with van der Waals surface area (Å²) < 4.78 is 18.3. The van der Waals surface area contributed by atoms with E-state index in [9.17, 15) is 14.3 Å². The number of phenols is 1. The zero-order valence-electron chi connectivity index (χ0n) is 13.9. The molecule has 23 heavy (non-hydrogen) atoms. The molecule has 1 aromatic rings. The fourth-order valence-corrected chi connectivity index (χ4v) is 2.62. The first-order valence-electron chi connectivity index (χ1n) is 7.92. The van der Waals surface area contributed by atoms with Crippen LogP contribution in [0, 0.1) is 5.82 Å². The van der Waals surface area contributed by atoms with E-state index in [1.807, 2.05) is 20.8 Å². The fraction of sp³-hybridized carbons (Fsp3) is 0.588. The summed E-state index contributed by atoms with van der Waals surface area (Å²) in [5.41, 5.74) is 0.387. The summed E-state index contributed by atoms with van der Waals surface area (Å²) in [6.07, 6.45) is 1.30. The molecule has 1 aliphatic rings. The van der Waals surface area contributed by atoms with E-state index in [0.717, 1.165) is 31.5 Å². The molecule has 0 radical (unpaired) electrons. The number of amides is 1. The molecule has 5 nitrogen and oxygen atoms in total. The summed E-state index contributed by atoms with van der Waals surface area (Å²) in [5.74, 6) is -0.919. The van der Waals surface area contributed by atoms with Crippen LogP contribution >= 0.6 is 0 Å². The van der Waals surface area contributed by atoms with E-state index in [1.165, 1.54) is 12.1 Å². The fourth-order valence-electron chi connectivity index (χ4n) is 2.62. The summed E-state index contributed by atoms with van der Waals surface area (Å²) in [6, 6.07) is 4.53. The Kier molecular flexibility index (Phi) is 5.46. The van der Waals surface area contributed by atoms with Gasteiger partial charge in [0.25, 0.3) is 0 Å². The van der Waals surface area contributed by atoms with Gasteiger partial charge in [0.05, 0.1) is 0 Å². The molecule has 1 fully saturated rings. The zero-order chi connectivity index (χ0) is 17.0. The highest BCUT2D eigenvalue weighted by atomic mass is 19.1. The Morgan fingerprint density at radius 2 is 2.04 bits per heavy atom. The third-order valence-corrected chi connectivity index (χ3v) is 3.73. The van der Waals surface area contributed by atoms with E-state index in [2.05, 4.69) is 10.2 Å². The minimum Gasteiger partial charge on any atom is -0.505 e. The van der Waals surface area contributed by atoms with Crippen LogP contribution in [0.25, 0.3) is 0 Å². The molecule has 1 saturated heterocycles. The van der Waals surface area contributed by atoms with Gasteiger partial charge in [-0.05, 0) is 51.3 Å². The predicted molar refractivity (Wildman–Crippen MR) is 85.7 cm³/mol. The Hall–Kier alpha value is -1.82. The first kappa shape index (κ1) is 17.5. The number of rotatable bonds is 3. The average molecular weight is 324 g/mol. The second-order valence-corrected chi connectivity index (χ2v) is 6.98. The number of nitrogens with zero attached hydrogens (tertiary/aromatic N) is 1. The lowest BCUT2D eigenvalue weighted by atomic mass is 10.0. The number of hydrogen-bond acceptors (Lipinski definition) is 4. The van der Waals surface area contributed by atoms with E-state index >= 15 is 0 Å². The van der Waals surface area contributed by atoms with Gasteiger partial charge in [-0.25, -0.2) is 9.18 Å². The van der Waals surface area contributed by atoms with Gasteiger partial charge >= 0.3 is 6.09 Å². The van der Waals surface area contributed by atoms with Crippen LogP contribution in [0.3, 0.4) is 0 Å². The maximum atomic E-state index is 13.1. The maximum absolute atomic E-state index is 13.1. The number of carbonyl (C=O) groups is 1. The number of halogens is 1. The zero-order valence-corrected chi connectivity index (χ0v) is 13.9. The first-order valence-corrected chi connectivity index (χ1v) is 7.92. The standard InChI is InChI=1S/C17H25FN2O3/c1-17(2,3)23-16(22)19-13-6-8-20(9-7-13)11-12-4-5-14(18)15(21)10-12/h4-5,10,13,21H,6-9,11H2,1-3H3,(H,19,22). The van der Waals surface area contributed by atoms with E-state index in [0.29, 0.717) is 6.54 Å². The van der Waals surface area contributed by atoms with Gasteiger partial charge in [-0.3, -0.25) is 4.90 Å². The normalized spacial score (nSPS) is 17.0. The lowest BCUT2D eigenvalue weighted by Gasteiger charge is -2.32. The summed E-state index contributed by atoms with van der Waals surface area (Å²) in [4.78, 5) is 14.0. The number of ether oxygens (including phenoxy) is 1. The third kappa shape index (κ3) is 5.71. The smallest absolute Gasteiger partial charge is 0.407 e. The van der Waals surface area contributed by atoms with Gasteiger partial charge in [0.1, 0.15) is 5.60 Å². The Balaban J connectivity index is 1.77. The van der Waals surface area contributed by atoms with Crippen molar-refractivity contribution in [2.75, 3.05) is 13.1 Å². The Labute approximate surface area is 136 Å². The highest BCUT2D eigenvalue weighted by Crippen LogP contribution is 2.20. The van der Waals surface area contributed by atoms with E-state index in [1.54, 1.807) is 6.07 Å². The molecule has 128 valence electrons. The van der Waals surface area contributed by atoms with Gasteiger partial charge in [0, 0.05) is 25.7 Å². The van der Waals surface area contributed by atoms with Crippen LogP contribution in [0.4, 0.5) is 9.18 Å². The molecule has 0 spiro atoms. The quantitative estimate of drug-likeness (QED) is 0.897. The second kappa shape index (κ2) is 7.17. The Morgan fingerprint density at radius 1 is 1.39 bits per heavy atom. The Morgan fingerprint density at radius 3 is 2.61 bits per heavy atom. The number of phenolic OH excluding ortho intramolecular Hbond substituents is 1. The molecule has 6 heteroatoms. The van der Waals surface area contributed by atoms with Crippen molar-refractivity contribution in [2.45, 2.75) is 51.8 Å². The largest absolute Gasteiger partial charge is 0.505 e. The molecule has 1 aromatic carbocycles. The topological polar surface area (TPSA) is 61.8 Å². The molecule has 0 saturated carbocycles. The molecule has 0 bridgehead atoms. The number of alkyl carbamates (subject to hydrolysis) is 1. The van der Waals surface area contributed by atoms with Crippen LogP contribution in [-0.2, 0) is 11.3 Å².